The Bertz CT molecular complexity index is 781. The van der Waals surface area contributed by atoms with Gasteiger partial charge in [-0.25, -0.2) is 0 Å². The fourth-order valence-electron chi connectivity index (χ4n) is 4.92. The summed E-state index contributed by atoms with van der Waals surface area (Å²) in [5, 5.41) is 3.91. The topological polar surface area (TPSA) is 30.5 Å². The molecule has 0 bridgehead atoms. The van der Waals surface area contributed by atoms with Crippen LogP contribution in [0.1, 0.15) is 37.4 Å². The Morgan fingerprint density at radius 2 is 1.79 bits per heavy atom. The predicted molar refractivity (Wildman–Crippen MR) is 119 cm³/mol. The zero-order valence-corrected chi connectivity index (χ0v) is 17.6. The van der Waals surface area contributed by atoms with Crippen LogP contribution in [0, 0.1) is 11.8 Å². The van der Waals surface area contributed by atoms with Crippen LogP contribution in [0.2, 0.25) is 0 Å². The number of hydrogen-bond acceptors (Lipinski definition) is 4. The molecule has 0 spiro atoms. The highest BCUT2D eigenvalue weighted by molar-refractivity contribution is 7.99. The molecule has 2 aromatic rings. The van der Waals surface area contributed by atoms with E-state index in [1.54, 1.807) is 0 Å². The van der Waals surface area contributed by atoms with E-state index in [1.165, 1.54) is 48.4 Å². The van der Waals surface area contributed by atoms with Gasteiger partial charge in [-0.1, -0.05) is 18.2 Å². The number of nitrogens with one attached hydrogen (secondary N) is 1. The van der Waals surface area contributed by atoms with Crippen molar-refractivity contribution < 1.29 is 9.47 Å². The molecule has 1 N–H and O–H groups in total. The number of fused-ring (bicyclic) bond motifs is 3. The zero-order chi connectivity index (χ0) is 18.1. The molecule has 3 aliphatic heterocycles. The summed E-state index contributed by atoms with van der Waals surface area (Å²) in [6, 6.07) is 17.0. The van der Waals surface area contributed by atoms with E-state index in [1.807, 2.05) is 30.3 Å². The normalized spacial score (nSPS) is 26.9. The number of anilines is 1. The van der Waals surface area contributed by atoms with Crippen molar-refractivity contribution in [1.82, 2.24) is 0 Å². The Morgan fingerprint density at radius 1 is 0.964 bits per heavy atom. The van der Waals surface area contributed by atoms with E-state index in [9.17, 15) is 0 Å². The average molecular weight is 418 g/mol. The van der Waals surface area contributed by atoms with Gasteiger partial charge in [0.1, 0.15) is 11.5 Å². The van der Waals surface area contributed by atoms with Crippen molar-refractivity contribution >= 4 is 29.9 Å². The van der Waals surface area contributed by atoms with Crippen LogP contribution in [0.3, 0.4) is 0 Å². The van der Waals surface area contributed by atoms with Crippen molar-refractivity contribution in [2.75, 3.05) is 23.4 Å². The van der Waals surface area contributed by atoms with Gasteiger partial charge in [0.2, 0.25) is 0 Å². The van der Waals surface area contributed by atoms with Crippen LogP contribution in [0.5, 0.6) is 11.5 Å². The number of para-hydroxylation sites is 1. The van der Waals surface area contributed by atoms with Crippen LogP contribution in [0.15, 0.2) is 48.5 Å². The molecule has 2 aromatic carbocycles. The summed E-state index contributed by atoms with van der Waals surface area (Å²) in [7, 11) is 0. The first-order valence-electron chi connectivity index (χ1n) is 10.2. The molecule has 3 heterocycles. The molecular formula is C23H28ClNO2S. The Labute approximate surface area is 178 Å². The second-order valence-corrected chi connectivity index (χ2v) is 9.11. The number of benzene rings is 2. The van der Waals surface area contributed by atoms with E-state index in [4.69, 9.17) is 9.47 Å². The number of halogens is 1. The summed E-state index contributed by atoms with van der Waals surface area (Å²) in [4.78, 5) is 0. The van der Waals surface area contributed by atoms with Crippen molar-refractivity contribution in [2.45, 2.75) is 37.8 Å². The highest BCUT2D eigenvalue weighted by atomic mass is 35.5. The quantitative estimate of drug-likeness (QED) is 0.634. The SMILES string of the molecule is Cl.c1ccc(Oc2ccc3c(c2)[C@H]2OCCC[C@H]2[C@@H](C2CCSCC2)N3)cc1. The van der Waals surface area contributed by atoms with E-state index in [2.05, 4.69) is 35.3 Å². The smallest absolute Gasteiger partial charge is 0.127 e. The lowest BCUT2D eigenvalue weighted by Gasteiger charge is -2.47. The largest absolute Gasteiger partial charge is 0.457 e. The predicted octanol–water partition coefficient (Wildman–Crippen LogP) is 6.31. The van der Waals surface area contributed by atoms with E-state index in [0.29, 0.717) is 12.0 Å². The van der Waals surface area contributed by atoms with E-state index in [-0.39, 0.29) is 18.5 Å². The van der Waals surface area contributed by atoms with E-state index >= 15 is 0 Å². The minimum absolute atomic E-state index is 0. The van der Waals surface area contributed by atoms with Crippen LogP contribution in [-0.2, 0) is 4.74 Å². The third-order valence-electron chi connectivity index (χ3n) is 6.23. The maximum Gasteiger partial charge on any atom is 0.127 e. The average Bonchev–Trinajstić information content (AvgIpc) is 2.75. The summed E-state index contributed by atoms with van der Waals surface area (Å²) in [5.41, 5.74) is 2.51. The van der Waals surface area contributed by atoms with Crippen LogP contribution in [-0.4, -0.2) is 24.2 Å². The van der Waals surface area contributed by atoms with Gasteiger partial charge in [-0.15, -0.1) is 12.4 Å². The number of thioether (sulfide) groups is 1. The van der Waals surface area contributed by atoms with Crippen molar-refractivity contribution in [3.05, 3.63) is 54.1 Å². The standard InChI is InChI=1S/C23H27NO2S.ClH/c1-2-5-17(6-3-1)26-18-8-9-21-20(15-18)23-19(7-4-12-25-23)22(24-21)16-10-13-27-14-11-16;/h1-3,5-6,8-9,15-16,19,22-24H,4,7,10-14H2;1H/t19-,22+,23-;/m0./s1. The lowest BCUT2D eigenvalue weighted by Crippen LogP contribution is -2.46. The Morgan fingerprint density at radius 3 is 2.61 bits per heavy atom. The van der Waals surface area contributed by atoms with Crippen LogP contribution in [0.4, 0.5) is 5.69 Å². The van der Waals surface area contributed by atoms with Gasteiger partial charge in [-0.05, 0) is 73.4 Å². The molecule has 0 radical (unpaired) electrons. The molecule has 0 aromatic heterocycles. The summed E-state index contributed by atoms with van der Waals surface area (Å²) in [6.07, 6.45) is 5.30. The van der Waals surface area contributed by atoms with Crippen LogP contribution in [0.25, 0.3) is 0 Å². The minimum Gasteiger partial charge on any atom is -0.457 e. The molecule has 150 valence electrons. The Hall–Kier alpha value is -1.36. The maximum atomic E-state index is 6.33. The Balaban J connectivity index is 0.00000192. The van der Waals surface area contributed by atoms with Gasteiger partial charge in [0.05, 0.1) is 6.10 Å². The van der Waals surface area contributed by atoms with E-state index in [0.717, 1.165) is 24.0 Å². The third-order valence-corrected chi connectivity index (χ3v) is 7.28. The molecule has 2 saturated heterocycles. The van der Waals surface area contributed by atoms with Crippen molar-refractivity contribution in [3.8, 4) is 11.5 Å². The highest BCUT2D eigenvalue weighted by Crippen LogP contribution is 2.48. The molecular weight excluding hydrogens is 390 g/mol. The molecule has 5 rings (SSSR count). The van der Waals surface area contributed by atoms with Gasteiger partial charge in [0, 0.05) is 29.8 Å². The lowest BCUT2D eigenvalue weighted by atomic mass is 9.74. The molecule has 0 saturated carbocycles. The second kappa shape index (κ2) is 8.98. The van der Waals surface area contributed by atoms with Gasteiger partial charge < -0.3 is 14.8 Å². The number of ether oxygens (including phenoxy) is 2. The van der Waals surface area contributed by atoms with Gasteiger partial charge in [-0.3, -0.25) is 0 Å². The van der Waals surface area contributed by atoms with Gasteiger partial charge in [0.25, 0.3) is 0 Å². The Kier molecular flexibility index (Phi) is 6.39. The molecule has 28 heavy (non-hydrogen) atoms. The van der Waals surface area contributed by atoms with Gasteiger partial charge >= 0.3 is 0 Å². The summed E-state index contributed by atoms with van der Waals surface area (Å²) >= 11 is 2.10. The second-order valence-electron chi connectivity index (χ2n) is 7.88. The van der Waals surface area contributed by atoms with Crippen molar-refractivity contribution in [3.63, 3.8) is 0 Å². The highest BCUT2D eigenvalue weighted by Gasteiger charge is 2.42. The molecule has 2 fully saturated rings. The van der Waals surface area contributed by atoms with Crippen molar-refractivity contribution in [2.24, 2.45) is 11.8 Å². The maximum absolute atomic E-state index is 6.33. The number of hydrogen-bond donors (Lipinski definition) is 1. The molecule has 5 heteroatoms. The molecule has 3 atom stereocenters. The summed E-state index contributed by atoms with van der Waals surface area (Å²) in [6.45, 7) is 0.873. The third kappa shape index (κ3) is 4.00. The fraction of sp³-hybridized carbons (Fsp3) is 0.478. The molecule has 3 aliphatic rings. The number of rotatable bonds is 3. The molecule has 3 nitrogen and oxygen atoms in total. The first-order valence-corrected chi connectivity index (χ1v) is 11.4. The molecule has 0 amide bonds. The molecule has 0 aliphatic carbocycles. The van der Waals surface area contributed by atoms with Crippen LogP contribution < -0.4 is 10.1 Å². The van der Waals surface area contributed by atoms with Gasteiger partial charge in [-0.2, -0.15) is 11.8 Å². The van der Waals surface area contributed by atoms with Crippen LogP contribution >= 0.6 is 24.2 Å². The van der Waals surface area contributed by atoms with Gasteiger partial charge in [0.15, 0.2) is 0 Å². The first kappa shape index (κ1) is 19.9. The lowest BCUT2D eigenvalue weighted by molar-refractivity contribution is -0.0444. The van der Waals surface area contributed by atoms with E-state index < -0.39 is 0 Å². The summed E-state index contributed by atoms with van der Waals surface area (Å²) < 4.78 is 12.4. The zero-order valence-electron chi connectivity index (χ0n) is 16.0. The first-order chi connectivity index (χ1) is 13.4. The minimum atomic E-state index is 0. The van der Waals surface area contributed by atoms with Crippen molar-refractivity contribution in [1.29, 1.82) is 0 Å². The fourth-order valence-corrected chi connectivity index (χ4v) is 6.06. The summed E-state index contributed by atoms with van der Waals surface area (Å²) in [5.74, 6) is 5.72. The monoisotopic (exact) mass is 417 g/mol. The molecule has 0 unspecified atom stereocenters.